The Kier molecular flexibility index (Phi) is 4.03. The van der Waals surface area contributed by atoms with Crippen LogP contribution in [0.5, 0.6) is 0 Å². The fraction of sp³-hybridized carbons (Fsp3) is 0.364. The number of rotatable bonds is 3. The van der Waals surface area contributed by atoms with E-state index in [1.807, 2.05) is 32.0 Å². The molecule has 0 N–H and O–H groups in total. The summed E-state index contributed by atoms with van der Waals surface area (Å²) >= 11 is 0. The molecule has 0 radical (unpaired) electrons. The van der Waals surface area contributed by atoms with Crippen LogP contribution >= 0.6 is 0 Å². The summed E-state index contributed by atoms with van der Waals surface area (Å²) in [5, 5.41) is 0. The van der Waals surface area contributed by atoms with Crippen LogP contribution < -0.4 is 0 Å². The van der Waals surface area contributed by atoms with Crippen molar-refractivity contribution in [3.05, 3.63) is 35.9 Å². The summed E-state index contributed by atoms with van der Waals surface area (Å²) in [6.07, 6.45) is 0. The lowest BCUT2D eigenvalue weighted by molar-refractivity contribution is 0.323. The van der Waals surface area contributed by atoms with Gasteiger partial charge < -0.3 is 4.74 Å². The van der Waals surface area contributed by atoms with Crippen molar-refractivity contribution in [3.8, 4) is 0 Å². The predicted octanol–water partition coefficient (Wildman–Crippen LogP) is 2.64. The second-order valence-corrected chi connectivity index (χ2v) is 2.75. The summed E-state index contributed by atoms with van der Waals surface area (Å²) in [7, 11) is 0. The van der Waals surface area contributed by atoms with E-state index in [4.69, 9.17) is 4.74 Å². The molecule has 0 atom stereocenters. The highest BCUT2D eigenvalue weighted by atomic mass is 16.5. The Labute approximate surface area is 79.3 Å². The van der Waals surface area contributed by atoms with Crippen molar-refractivity contribution in [2.24, 2.45) is 4.99 Å². The number of aliphatic imine (C=N–C) groups is 1. The van der Waals surface area contributed by atoms with Gasteiger partial charge in [0.25, 0.3) is 0 Å². The number of ether oxygens (including phenoxy) is 1. The topological polar surface area (TPSA) is 21.6 Å². The molecule has 1 aromatic carbocycles. The van der Waals surface area contributed by atoms with Crippen molar-refractivity contribution in [1.82, 2.24) is 0 Å². The second-order valence-electron chi connectivity index (χ2n) is 2.75. The molecule has 0 amide bonds. The summed E-state index contributed by atoms with van der Waals surface area (Å²) in [4.78, 5) is 4.28. The van der Waals surface area contributed by atoms with Crippen LogP contribution in [-0.4, -0.2) is 12.5 Å². The van der Waals surface area contributed by atoms with Gasteiger partial charge in [0.2, 0.25) is 0 Å². The first-order chi connectivity index (χ1) is 6.33. The zero-order valence-electron chi connectivity index (χ0n) is 8.16. The Morgan fingerprint density at radius 3 is 2.62 bits per heavy atom. The minimum absolute atomic E-state index is 0.685. The van der Waals surface area contributed by atoms with Gasteiger partial charge in [0, 0.05) is 6.92 Å². The fourth-order valence-corrected chi connectivity index (χ4v) is 1.04. The second kappa shape index (κ2) is 5.36. The molecular weight excluding hydrogens is 162 g/mol. The number of hydrogen-bond donors (Lipinski definition) is 0. The normalized spacial score (nSPS) is 11.4. The maximum absolute atomic E-state index is 5.21. The van der Waals surface area contributed by atoms with E-state index in [1.165, 1.54) is 5.56 Å². The average molecular weight is 177 g/mol. The van der Waals surface area contributed by atoms with Gasteiger partial charge in [-0.05, 0) is 12.5 Å². The molecule has 0 aromatic heterocycles. The number of nitrogens with zero attached hydrogens (tertiary/aromatic N) is 1. The SMILES string of the molecule is CCO/C(C)=N/Cc1ccccc1. The van der Waals surface area contributed by atoms with Crippen molar-refractivity contribution in [2.75, 3.05) is 6.61 Å². The molecule has 2 heteroatoms. The van der Waals surface area contributed by atoms with Crippen molar-refractivity contribution >= 4 is 5.90 Å². The maximum Gasteiger partial charge on any atom is 0.180 e. The summed E-state index contributed by atoms with van der Waals surface area (Å²) in [5.74, 6) is 0.756. The lowest BCUT2D eigenvalue weighted by Crippen LogP contribution is -1.99. The molecule has 0 fully saturated rings. The van der Waals surface area contributed by atoms with E-state index in [0.29, 0.717) is 13.2 Å². The first kappa shape index (κ1) is 9.78. The zero-order valence-corrected chi connectivity index (χ0v) is 8.16. The largest absolute Gasteiger partial charge is 0.481 e. The van der Waals surface area contributed by atoms with Gasteiger partial charge in [0.15, 0.2) is 5.90 Å². The van der Waals surface area contributed by atoms with Crippen LogP contribution in [0.3, 0.4) is 0 Å². The molecule has 2 nitrogen and oxygen atoms in total. The molecular formula is C11H15NO. The third-order valence-electron chi connectivity index (χ3n) is 1.68. The minimum atomic E-state index is 0.685. The van der Waals surface area contributed by atoms with Gasteiger partial charge in [-0.3, -0.25) is 4.99 Å². The smallest absolute Gasteiger partial charge is 0.180 e. The van der Waals surface area contributed by atoms with Crippen LogP contribution in [0.1, 0.15) is 19.4 Å². The molecule has 0 saturated heterocycles. The van der Waals surface area contributed by atoms with E-state index in [0.717, 1.165) is 5.90 Å². The van der Waals surface area contributed by atoms with Crippen LogP contribution in [0, 0.1) is 0 Å². The van der Waals surface area contributed by atoms with Gasteiger partial charge >= 0.3 is 0 Å². The standard InChI is InChI=1S/C11H15NO/c1-3-13-10(2)12-9-11-7-5-4-6-8-11/h4-8H,3,9H2,1-2H3/b12-10+. The van der Waals surface area contributed by atoms with Crippen LogP contribution in [0.15, 0.2) is 35.3 Å². The van der Waals surface area contributed by atoms with Crippen LogP contribution in [-0.2, 0) is 11.3 Å². The summed E-state index contributed by atoms with van der Waals surface area (Å²) < 4.78 is 5.21. The minimum Gasteiger partial charge on any atom is -0.481 e. The molecule has 13 heavy (non-hydrogen) atoms. The first-order valence-electron chi connectivity index (χ1n) is 4.50. The molecule has 1 rings (SSSR count). The van der Waals surface area contributed by atoms with Gasteiger partial charge in [0.1, 0.15) is 0 Å². The van der Waals surface area contributed by atoms with E-state index in [2.05, 4.69) is 17.1 Å². The average Bonchev–Trinajstić information content (AvgIpc) is 2.17. The quantitative estimate of drug-likeness (QED) is 0.513. The van der Waals surface area contributed by atoms with E-state index in [-0.39, 0.29) is 0 Å². The van der Waals surface area contributed by atoms with Gasteiger partial charge in [-0.2, -0.15) is 0 Å². The Morgan fingerprint density at radius 2 is 2.00 bits per heavy atom. The van der Waals surface area contributed by atoms with Crippen LogP contribution in [0.2, 0.25) is 0 Å². The summed E-state index contributed by atoms with van der Waals surface area (Å²) in [5.41, 5.74) is 1.21. The molecule has 0 spiro atoms. The van der Waals surface area contributed by atoms with E-state index < -0.39 is 0 Å². The summed E-state index contributed by atoms with van der Waals surface area (Å²) in [6, 6.07) is 10.1. The van der Waals surface area contributed by atoms with E-state index in [1.54, 1.807) is 0 Å². The Morgan fingerprint density at radius 1 is 1.31 bits per heavy atom. The lowest BCUT2D eigenvalue weighted by atomic mass is 10.2. The van der Waals surface area contributed by atoms with Crippen molar-refractivity contribution < 1.29 is 4.74 Å². The van der Waals surface area contributed by atoms with Gasteiger partial charge in [-0.25, -0.2) is 0 Å². The highest BCUT2D eigenvalue weighted by Crippen LogP contribution is 2.00. The van der Waals surface area contributed by atoms with Crippen molar-refractivity contribution in [3.63, 3.8) is 0 Å². The summed E-state index contributed by atoms with van der Waals surface area (Å²) in [6.45, 7) is 5.23. The van der Waals surface area contributed by atoms with Gasteiger partial charge in [0.05, 0.1) is 13.2 Å². The van der Waals surface area contributed by atoms with Gasteiger partial charge in [-0.1, -0.05) is 30.3 Å². The van der Waals surface area contributed by atoms with Crippen LogP contribution in [0.4, 0.5) is 0 Å². The predicted molar refractivity (Wildman–Crippen MR) is 54.9 cm³/mol. The third-order valence-corrected chi connectivity index (χ3v) is 1.68. The number of hydrogen-bond acceptors (Lipinski definition) is 2. The third kappa shape index (κ3) is 3.74. The Bertz CT molecular complexity index is 267. The zero-order chi connectivity index (χ0) is 9.52. The molecule has 0 saturated carbocycles. The molecule has 0 aliphatic carbocycles. The molecule has 0 unspecified atom stereocenters. The first-order valence-corrected chi connectivity index (χ1v) is 4.50. The van der Waals surface area contributed by atoms with Crippen LogP contribution in [0.25, 0.3) is 0 Å². The van der Waals surface area contributed by atoms with Crippen molar-refractivity contribution in [1.29, 1.82) is 0 Å². The Hall–Kier alpha value is -1.31. The molecule has 70 valence electrons. The lowest BCUT2D eigenvalue weighted by Gasteiger charge is -2.01. The van der Waals surface area contributed by atoms with Crippen molar-refractivity contribution in [2.45, 2.75) is 20.4 Å². The molecule has 1 aromatic rings. The fourth-order valence-electron chi connectivity index (χ4n) is 1.04. The maximum atomic E-state index is 5.21. The Balaban J connectivity index is 2.47. The van der Waals surface area contributed by atoms with Gasteiger partial charge in [-0.15, -0.1) is 0 Å². The monoisotopic (exact) mass is 177 g/mol. The molecule has 0 aliphatic rings. The van der Waals surface area contributed by atoms with E-state index >= 15 is 0 Å². The molecule has 0 bridgehead atoms. The molecule has 0 aliphatic heterocycles. The highest BCUT2D eigenvalue weighted by molar-refractivity contribution is 5.73. The highest BCUT2D eigenvalue weighted by Gasteiger charge is 1.90. The molecule has 0 heterocycles. The number of benzene rings is 1. The van der Waals surface area contributed by atoms with E-state index in [9.17, 15) is 0 Å².